The number of halogens is 1. The average Bonchev–Trinajstić information content (AvgIpc) is 3.04. The molecule has 2 saturated heterocycles. The Morgan fingerprint density at radius 3 is 2.67 bits per heavy atom. The molecule has 6 heteroatoms. The molecule has 1 unspecified atom stereocenters. The van der Waals surface area contributed by atoms with Crippen LogP contribution in [0, 0.1) is 16.6 Å². The van der Waals surface area contributed by atoms with Crippen LogP contribution in [0.15, 0.2) is 18.2 Å². The monoisotopic (exact) mass is 376 g/mol. The molecule has 1 aromatic carbocycles. The second-order valence-electron chi connectivity index (χ2n) is 8.79. The molecule has 0 saturated carbocycles. The van der Waals surface area contributed by atoms with Crippen LogP contribution in [0.25, 0.3) is 0 Å². The number of ether oxygens (including phenoxy) is 1. The van der Waals surface area contributed by atoms with E-state index < -0.39 is 10.8 Å². The van der Waals surface area contributed by atoms with Crippen LogP contribution in [0.3, 0.4) is 0 Å². The number of hydrogen-bond donors (Lipinski definition) is 0. The summed E-state index contributed by atoms with van der Waals surface area (Å²) >= 11 is 0. The van der Waals surface area contributed by atoms with Crippen LogP contribution in [0.5, 0.6) is 5.75 Å². The van der Waals surface area contributed by atoms with Gasteiger partial charge in [-0.15, -0.1) is 0 Å². The summed E-state index contributed by atoms with van der Waals surface area (Å²) in [5, 5.41) is 0. The highest BCUT2D eigenvalue weighted by Crippen LogP contribution is 2.41. The molecule has 5 nitrogen and oxygen atoms in total. The molecule has 1 atom stereocenters. The fourth-order valence-corrected chi connectivity index (χ4v) is 4.21. The molecular formula is C21H29FN2O3. The fraction of sp³-hybridized carbons (Fsp3) is 0.619. The molecule has 0 radical (unpaired) electrons. The fourth-order valence-electron chi connectivity index (χ4n) is 4.21. The van der Waals surface area contributed by atoms with Gasteiger partial charge in [-0.2, -0.15) is 0 Å². The summed E-state index contributed by atoms with van der Waals surface area (Å²) in [6, 6.07) is 4.59. The molecule has 3 rings (SSSR count). The Kier molecular flexibility index (Phi) is 5.19. The van der Waals surface area contributed by atoms with Gasteiger partial charge in [0.05, 0.1) is 12.5 Å². The van der Waals surface area contributed by atoms with E-state index in [1.807, 2.05) is 25.7 Å². The van der Waals surface area contributed by atoms with Gasteiger partial charge in [-0.05, 0) is 37.5 Å². The number of piperidine rings is 1. The minimum absolute atomic E-state index is 0.0418. The van der Waals surface area contributed by atoms with Crippen LogP contribution in [0.4, 0.5) is 4.39 Å². The first-order valence-electron chi connectivity index (χ1n) is 9.57. The van der Waals surface area contributed by atoms with Crippen molar-refractivity contribution in [1.82, 2.24) is 9.80 Å². The molecule has 0 aliphatic carbocycles. The number of nitrogens with zero attached hydrogens (tertiary/aromatic N) is 2. The SMILES string of the molecule is COc1ccc(F)c(CN2CCCC3(CCN(C(=O)C(C)(C)C)C3)C2=O)c1. The highest BCUT2D eigenvalue weighted by Gasteiger charge is 2.50. The highest BCUT2D eigenvalue weighted by atomic mass is 19.1. The molecule has 1 spiro atoms. The molecular weight excluding hydrogens is 347 g/mol. The van der Waals surface area contributed by atoms with Crippen molar-refractivity contribution in [2.75, 3.05) is 26.7 Å². The van der Waals surface area contributed by atoms with Crippen molar-refractivity contribution in [3.05, 3.63) is 29.6 Å². The van der Waals surface area contributed by atoms with Crippen LogP contribution in [-0.4, -0.2) is 48.4 Å². The first-order chi connectivity index (χ1) is 12.7. The number of rotatable bonds is 3. The Labute approximate surface area is 160 Å². The normalized spacial score (nSPS) is 23.2. The van der Waals surface area contributed by atoms with E-state index in [0.717, 1.165) is 12.8 Å². The zero-order chi connectivity index (χ0) is 19.8. The van der Waals surface area contributed by atoms with Gasteiger partial charge in [0, 0.05) is 37.2 Å². The Bertz CT molecular complexity index is 743. The zero-order valence-electron chi connectivity index (χ0n) is 16.7. The van der Waals surface area contributed by atoms with Gasteiger partial charge in [0.2, 0.25) is 11.8 Å². The molecule has 2 aliphatic rings. The molecule has 27 heavy (non-hydrogen) atoms. The molecule has 0 aromatic heterocycles. The van der Waals surface area contributed by atoms with E-state index in [4.69, 9.17) is 4.74 Å². The minimum atomic E-state index is -0.519. The van der Waals surface area contributed by atoms with E-state index >= 15 is 0 Å². The lowest BCUT2D eigenvalue weighted by atomic mass is 9.78. The Morgan fingerprint density at radius 1 is 1.26 bits per heavy atom. The summed E-state index contributed by atoms with van der Waals surface area (Å²) in [6.07, 6.45) is 2.34. The molecule has 2 aliphatic heterocycles. The Balaban J connectivity index is 1.76. The molecule has 2 fully saturated rings. The van der Waals surface area contributed by atoms with Crippen LogP contribution in [-0.2, 0) is 16.1 Å². The maximum absolute atomic E-state index is 14.2. The lowest BCUT2D eigenvalue weighted by Crippen LogP contribution is -2.50. The summed E-state index contributed by atoms with van der Waals surface area (Å²) in [4.78, 5) is 29.5. The number of benzene rings is 1. The van der Waals surface area contributed by atoms with Crippen molar-refractivity contribution in [3.8, 4) is 5.75 Å². The maximum Gasteiger partial charge on any atom is 0.230 e. The molecule has 2 amide bonds. The smallest absolute Gasteiger partial charge is 0.230 e. The summed E-state index contributed by atoms with van der Waals surface area (Å²) in [7, 11) is 1.54. The lowest BCUT2D eigenvalue weighted by Gasteiger charge is -2.39. The Morgan fingerprint density at radius 2 is 2.00 bits per heavy atom. The largest absolute Gasteiger partial charge is 0.497 e. The van der Waals surface area contributed by atoms with Crippen molar-refractivity contribution >= 4 is 11.8 Å². The number of hydrogen-bond acceptors (Lipinski definition) is 3. The molecule has 148 valence electrons. The third-order valence-electron chi connectivity index (χ3n) is 5.72. The van der Waals surface area contributed by atoms with Gasteiger partial charge in [0.25, 0.3) is 0 Å². The zero-order valence-corrected chi connectivity index (χ0v) is 16.7. The maximum atomic E-state index is 14.2. The van der Waals surface area contributed by atoms with Crippen molar-refractivity contribution in [2.24, 2.45) is 10.8 Å². The highest BCUT2D eigenvalue weighted by molar-refractivity contribution is 5.87. The van der Waals surface area contributed by atoms with Crippen LogP contribution >= 0.6 is 0 Å². The minimum Gasteiger partial charge on any atom is -0.497 e. The molecule has 1 aromatic rings. The van der Waals surface area contributed by atoms with Gasteiger partial charge in [0.1, 0.15) is 11.6 Å². The van der Waals surface area contributed by atoms with E-state index in [0.29, 0.717) is 37.4 Å². The van der Waals surface area contributed by atoms with E-state index in [-0.39, 0.29) is 24.2 Å². The Hall–Kier alpha value is -2.11. The van der Waals surface area contributed by atoms with E-state index in [1.54, 1.807) is 17.0 Å². The standard InChI is InChI=1S/C21H29FN2O3/c1-20(2,3)18(25)24-11-9-21(14-24)8-5-10-23(19(21)26)13-15-12-16(27-4)6-7-17(15)22/h6-7,12H,5,8-11,13-14H2,1-4H3. The summed E-state index contributed by atoms with van der Waals surface area (Å²) in [5.74, 6) is 0.371. The molecule has 0 bridgehead atoms. The van der Waals surface area contributed by atoms with Gasteiger partial charge in [0.15, 0.2) is 0 Å². The summed E-state index contributed by atoms with van der Waals surface area (Å²) < 4.78 is 19.4. The number of carbonyl (C=O) groups excluding carboxylic acids is 2. The van der Waals surface area contributed by atoms with Crippen LogP contribution in [0.1, 0.15) is 45.6 Å². The number of carbonyl (C=O) groups is 2. The van der Waals surface area contributed by atoms with Crippen molar-refractivity contribution in [1.29, 1.82) is 0 Å². The average molecular weight is 376 g/mol. The second-order valence-corrected chi connectivity index (χ2v) is 8.79. The van der Waals surface area contributed by atoms with E-state index in [1.165, 1.54) is 13.2 Å². The lowest BCUT2D eigenvalue weighted by molar-refractivity contribution is -0.147. The summed E-state index contributed by atoms with van der Waals surface area (Å²) in [5.41, 5.74) is -0.512. The molecule has 2 heterocycles. The van der Waals surface area contributed by atoms with E-state index in [2.05, 4.69) is 0 Å². The van der Waals surface area contributed by atoms with Crippen molar-refractivity contribution in [2.45, 2.75) is 46.6 Å². The molecule has 0 N–H and O–H groups in total. The van der Waals surface area contributed by atoms with Crippen LogP contribution < -0.4 is 4.74 Å². The number of amides is 2. The number of methoxy groups -OCH3 is 1. The van der Waals surface area contributed by atoms with Crippen molar-refractivity contribution < 1.29 is 18.7 Å². The number of likely N-dealkylation sites (tertiary alicyclic amines) is 2. The van der Waals surface area contributed by atoms with Gasteiger partial charge >= 0.3 is 0 Å². The quantitative estimate of drug-likeness (QED) is 0.814. The van der Waals surface area contributed by atoms with Crippen molar-refractivity contribution in [3.63, 3.8) is 0 Å². The third kappa shape index (κ3) is 3.80. The summed E-state index contributed by atoms with van der Waals surface area (Å²) in [6.45, 7) is 7.65. The van der Waals surface area contributed by atoms with Gasteiger partial charge in [-0.3, -0.25) is 9.59 Å². The van der Waals surface area contributed by atoms with E-state index in [9.17, 15) is 14.0 Å². The van der Waals surface area contributed by atoms with Crippen LogP contribution in [0.2, 0.25) is 0 Å². The third-order valence-corrected chi connectivity index (χ3v) is 5.72. The predicted octanol–water partition coefficient (Wildman–Crippen LogP) is 3.22. The van der Waals surface area contributed by atoms with Gasteiger partial charge in [-0.25, -0.2) is 4.39 Å². The van der Waals surface area contributed by atoms with Gasteiger partial charge < -0.3 is 14.5 Å². The second kappa shape index (κ2) is 7.13. The van der Waals surface area contributed by atoms with Gasteiger partial charge in [-0.1, -0.05) is 20.8 Å². The predicted molar refractivity (Wildman–Crippen MR) is 101 cm³/mol. The topological polar surface area (TPSA) is 49.9 Å². The first kappa shape index (κ1) is 19.6. The first-order valence-corrected chi connectivity index (χ1v) is 9.57.